The first-order valence-electron chi connectivity index (χ1n) is 9.65. The van der Waals surface area contributed by atoms with E-state index in [0.717, 1.165) is 0 Å². The van der Waals surface area contributed by atoms with Crippen LogP contribution in [0.15, 0.2) is 56.4 Å². The largest absolute Gasteiger partial charge is 0.463 e. The lowest BCUT2D eigenvalue weighted by Crippen LogP contribution is -2.17. The first-order valence-corrected chi connectivity index (χ1v) is 11.4. The molecule has 0 fully saturated rings. The number of anilines is 2. The van der Waals surface area contributed by atoms with Gasteiger partial charge in [-0.3, -0.25) is 9.59 Å². The number of nitrogens with one attached hydrogen (secondary N) is 2. The molecular formula is C21H20N4O4S2. The molecule has 0 aliphatic heterocycles. The molecule has 10 heteroatoms. The molecule has 4 aromatic rings. The van der Waals surface area contributed by atoms with Crippen LogP contribution in [-0.2, 0) is 9.59 Å². The van der Waals surface area contributed by atoms with Crippen molar-refractivity contribution in [2.24, 2.45) is 5.92 Å². The smallest absolute Gasteiger partial charge is 0.226 e. The lowest BCUT2D eigenvalue weighted by Gasteiger charge is -2.10. The third-order valence-corrected chi connectivity index (χ3v) is 5.96. The van der Waals surface area contributed by atoms with Gasteiger partial charge in [0.05, 0.1) is 12.5 Å². The van der Waals surface area contributed by atoms with E-state index in [1.165, 1.54) is 22.7 Å². The summed E-state index contributed by atoms with van der Waals surface area (Å²) in [4.78, 5) is 33.2. The highest BCUT2D eigenvalue weighted by Gasteiger charge is 2.15. The van der Waals surface area contributed by atoms with Gasteiger partial charge in [-0.05, 0) is 36.6 Å². The number of thiazole rings is 2. The number of furan rings is 2. The Morgan fingerprint density at radius 3 is 2.00 bits per heavy atom. The predicted octanol–water partition coefficient (Wildman–Crippen LogP) is 5.50. The molecule has 0 saturated heterocycles. The number of hydrogen-bond acceptors (Lipinski definition) is 8. The Labute approximate surface area is 186 Å². The van der Waals surface area contributed by atoms with Crippen LogP contribution in [-0.4, -0.2) is 21.8 Å². The Balaban J connectivity index is 1.19. The molecule has 0 aliphatic rings. The molecule has 2 N–H and O–H groups in total. The number of aromatic nitrogens is 2. The SMILES string of the molecule is CC(CCC(=O)Nc1nc(-c2ccco2)cs1)CC(=O)Nc1nc(-c2ccco2)cs1. The molecule has 0 aliphatic carbocycles. The zero-order valence-electron chi connectivity index (χ0n) is 16.7. The van der Waals surface area contributed by atoms with Gasteiger partial charge in [-0.25, -0.2) is 9.97 Å². The molecule has 160 valence electrons. The molecule has 31 heavy (non-hydrogen) atoms. The van der Waals surface area contributed by atoms with Crippen LogP contribution in [0.2, 0.25) is 0 Å². The third-order valence-electron chi connectivity index (χ3n) is 4.45. The van der Waals surface area contributed by atoms with Gasteiger partial charge in [0.25, 0.3) is 0 Å². The summed E-state index contributed by atoms with van der Waals surface area (Å²) in [6.45, 7) is 1.95. The van der Waals surface area contributed by atoms with Crippen LogP contribution in [0.4, 0.5) is 10.3 Å². The molecule has 0 spiro atoms. The minimum atomic E-state index is -0.129. The van der Waals surface area contributed by atoms with Gasteiger partial charge in [0.15, 0.2) is 21.8 Å². The number of carbonyl (C=O) groups excluding carboxylic acids is 2. The highest BCUT2D eigenvalue weighted by atomic mass is 32.1. The summed E-state index contributed by atoms with van der Waals surface area (Å²) in [5, 5.41) is 10.3. The summed E-state index contributed by atoms with van der Waals surface area (Å²) in [5.74, 6) is 1.11. The number of amides is 2. The van der Waals surface area contributed by atoms with Crippen molar-refractivity contribution in [1.29, 1.82) is 0 Å². The highest BCUT2D eigenvalue weighted by molar-refractivity contribution is 7.14. The first-order chi connectivity index (χ1) is 15.1. The Morgan fingerprint density at radius 1 is 0.935 bits per heavy atom. The van der Waals surface area contributed by atoms with Gasteiger partial charge < -0.3 is 19.5 Å². The Morgan fingerprint density at radius 2 is 1.48 bits per heavy atom. The molecule has 4 heterocycles. The average Bonchev–Trinajstić information content (AvgIpc) is 3.53. The molecule has 0 saturated carbocycles. The van der Waals surface area contributed by atoms with Crippen molar-refractivity contribution >= 4 is 44.8 Å². The average molecular weight is 457 g/mol. The van der Waals surface area contributed by atoms with Crippen LogP contribution in [0.25, 0.3) is 22.9 Å². The van der Waals surface area contributed by atoms with Crippen molar-refractivity contribution in [3.8, 4) is 22.9 Å². The topological polar surface area (TPSA) is 110 Å². The molecular weight excluding hydrogens is 436 g/mol. The minimum Gasteiger partial charge on any atom is -0.463 e. The van der Waals surface area contributed by atoms with Crippen molar-refractivity contribution in [1.82, 2.24) is 9.97 Å². The summed E-state index contributed by atoms with van der Waals surface area (Å²) in [5.41, 5.74) is 1.38. The van der Waals surface area contributed by atoms with E-state index in [-0.39, 0.29) is 17.7 Å². The lowest BCUT2D eigenvalue weighted by molar-refractivity contribution is -0.118. The fourth-order valence-corrected chi connectivity index (χ4v) is 4.32. The predicted molar refractivity (Wildman–Crippen MR) is 120 cm³/mol. The van der Waals surface area contributed by atoms with Gasteiger partial charge >= 0.3 is 0 Å². The van der Waals surface area contributed by atoms with Gasteiger partial charge in [0.2, 0.25) is 11.8 Å². The van der Waals surface area contributed by atoms with Crippen molar-refractivity contribution < 1.29 is 18.4 Å². The molecule has 0 bridgehead atoms. The second-order valence-corrected chi connectivity index (χ2v) is 8.69. The van der Waals surface area contributed by atoms with Crippen LogP contribution in [0.1, 0.15) is 26.2 Å². The van der Waals surface area contributed by atoms with Gasteiger partial charge in [-0.1, -0.05) is 6.92 Å². The number of rotatable bonds is 9. The van der Waals surface area contributed by atoms with Crippen LogP contribution in [0.3, 0.4) is 0 Å². The highest BCUT2D eigenvalue weighted by Crippen LogP contribution is 2.26. The van der Waals surface area contributed by atoms with Gasteiger partial charge in [0, 0.05) is 23.6 Å². The van der Waals surface area contributed by atoms with E-state index >= 15 is 0 Å². The zero-order chi connectivity index (χ0) is 21.6. The first kappa shape index (κ1) is 21.0. The van der Waals surface area contributed by atoms with Crippen LogP contribution < -0.4 is 10.6 Å². The summed E-state index contributed by atoms with van der Waals surface area (Å²) >= 11 is 2.69. The van der Waals surface area contributed by atoms with Crippen molar-refractivity contribution in [3.63, 3.8) is 0 Å². The summed E-state index contributed by atoms with van der Waals surface area (Å²) < 4.78 is 10.6. The molecule has 2 amide bonds. The Kier molecular flexibility index (Phi) is 6.58. The number of nitrogens with zero attached hydrogens (tertiary/aromatic N) is 2. The summed E-state index contributed by atoms with van der Waals surface area (Å²) in [7, 11) is 0. The van der Waals surface area contributed by atoms with E-state index in [1.54, 1.807) is 24.7 Å². The second kappa shape index (κ2) is 9.71. The maximum atomic E-state index is 12.3. The number of hydrogen-bond donors (Lipinski definition) is 2. The molecule has 1 atom stereocenters. The standard InChI is InChI=1S/C21H20N4O4S2/c1-13(10-19(27)25-21-23-15(12-31-21)17-5-3-9-29-17)6-7-18(26)24-20-22-14(11-30-20)16-4-2-8-28-16/h2-5,8-9,11-13H,6-7,10H2,1H3,(H,22,24,26)(H,23,25,27). The van der Waals surface area contributed by atoms with E-state index in [4.69, 9.17) is 8.83 Å². The van der Waals surface area contributed by atoms with Crippen LogP contribution in [0, 0.1) is 5.92 Å². The molecule has 4 rings (SSSR count). The molecule has 0 radical (unpaired) electrons. The summed E-state index contributed by atoms with van der Waals surface area (Å²) in [6.07, 6.45) is 4.37. The fraction of sp³-hybridized carbons (Fsp3) is 0.238. The molecule has 4 aromatic heterocycles. The van der Waals surface area contributed by atoms with Crippen molar-refractivity contribution in [2.45, 2.75) is 26.2 Å². The van der Waals surface area contributed by atoms with E-state index < -0.39 is 0 Å². The maximum absolute atomic E-state index is 12.3. The van der Waals surface area contributed by atoms with Crippen LogP contribution >= 0.6 is 22.7 Å². The number of carbonyl (C=O) groups is 2. The Bertz CT molecular complexity index is 1130. The van der Waals surface area contributed by atoms with Gasteiger partial charge in [-0.2, -0.15) is 0 Å². The molecule has 8 nitrogen and oxygen atoms in total. The summed E-state index contributed by atoms with van der Waals surface area (Å²) in [6, 6.07) is 7.21. The molecule has 0 aromatic carbocycles. The van der Waals surface area contributed by atoms with E-state index in [2.05, 4.69) is 20.6 Å². The van der Waals surface area contributed by atoms with E-state index in [1.807, 2.05) is 29.8 Å². The van der Waals surface area contributed by atoms with Crippen LogP contribution in [0.5, 0.6) is 0 Å². The fourth-order valence-electron chi connectivity index (χ4n) is 2.89. The zero-order valence-corrected chi connectivity index (χ0v) is 18.3. The van der Waals surface area contributed by atoms with Crippen molar-refractivity contribution in [2.75, 3.05) is 10.6 Å². The quantitative estimate of drug-likeness (QED) is 0.344. The van der Waals surface area contributed by atoms with Gasteiger partial charge in [-0.15, -0.1) is 22.7 Å². The Hall–Kier alpha value is -3.24. The monoisotopic (exact) mass is 456 g/mol. The maximum Gasteiger partial charge on any atom is 0.226 e. The third kappa shape index (κ3) is 5.68. The van der Waals surface area contributed by atoms with E-state index in [9.17, 15) is 9.59 Å². The van der Waals surface area contributed by atoms with Crippen molar-refractivity contribution in [3.05, 3.63) is 47.6 Å². The van der Waals surface area contributed by atoms with E-state index in [0.29, 0.717) is 52.4 Å². The van der Waals surface area contributed by atoms with Gasteiger partial charge in [0.1, 0.15) is 11.4 Å². The normalized spacial score (nSPS) is 11.9. The lowest BCUT2D eigenvalue weighted by atomic mass is 10.0. The second-order valence-electron chi connectivity index (χ2n) is 6.97. The molecule has 1 unspecified atom stereocenters. The minimum absolute atomic E-state index is 0.0465.